The van der Waals surface area contributed by atoms with Gasteiger partial charge in [0.05, 0.1) is 11.6 Å². The van der Waals surface area contributed by atoms with Gasteiger partial charge in [0, 0.05) is 11.9 Å². The second kappa shape index (κ2) is 5.45. The number of hydrogen-bond acceptors (Lipinski definition) is 5. The summed E-state index contributed by atoms with van der Waals surface area (Å²) in [5, 5.41) is 8.14. The number of benzene rings is 1. The Morgan fingerprint density at radius 2 is 1.96 bits per heavy atom. The number of pyridine rings is 1. The van der Waals surface area contributed by atoms with Crippen molar-refractivity contribution in [2.45, 2.75) is 0 Å². The molecule has 1 aromatic carbocycles. The molecule has 0 spiro atoms. The van der Waals surface area contributed by atoms with Crippen molar-refractivity contribution in [3.63, 3.8) is 0 Å². The lowest BCUT2D eigenvalue weighted by Gasteiger charge is -2.06. The topological polar surface area (TPSA) is 68.5 Å². The minimum atomic E-state index is -0.315. The molecule has 0 aliphatic carbocycles. The van der Waals surface area contributed by atoms with Gasteiger partial charge in [-0.25, -0.2) is 19.3 Å². The molecule has 0 unspecified atom stereocenters. The number of hydrogen-bond donors (Lipinski definition) is 1. The summed E-state index contributed by atoms with van der Waals surface area (Å²) in [6, 6.07) is 11.7. The summed E-state index contributed by atoms with van der Waals surface area (Å²) >= 11 is 0. The van der Waals surface area contributed by atoms with Gasteiger partial charge in [-0.3, -0.25) is 0 Å². The fraction of sp³-hybridized carbons (Fsp3) is 0. The molecule has 4 rings (SSSR count). The Balaban J connectivity index is 1.79. The number of halogens is 1. The van der Waals surface area contributed by atoms with E-state index in [4.69, 9.17) is 0 Å². The van der Waals surface area contributed by atoms with E-state index in [0.29, 0.717) is 23.0 Å². The first kappa shape index (κ1) is 13.3. The first-order valence-electron chi connectivity index (χ1n) is 6.94. The highest BCUT2D eigenvalue weighted by Crippen LogP contribution is 2.24. The third-order valence-electron chi connectivity index (χ3n) is 3.32. The molecule has 112 valence electrons. The van der Waals surface area contributed by atoms with Gasteiger partial charge in [0.1, 0.15) is 18.0 Å². The van der Waals surface area contributed by atoms with Crippen molar-refractivity contribution in [1.82, 2.24) is 24.7 Å². The lowest BCUT2D eigenvalue weighted by atomic mass is 10.3. The summed E-state index contributed by atoms with van der Waals surface area (Å²) in [6.07, 6.45) is 4.78. The van der Waals surface area contributed by atoms with Crippen LogP contribution in [0.25, 0.3) is 16.9 Å². The van der Waals surface area contributed by atoms with E-state index in [1.54, 1.807) is 29.2 Å². The van der Waals surface area contributed by atoms with Gasteiger partial charge in [-0.1, -0.05) is 12.1 Å². The zero-order valence-electron chi connectivity index (χ0n) is 11.9. The molecule has 6 nitrogen and oxygen atoms in total. The molecule has 7 heteroatoms. The van der Waals surface area contributed by atoms with Gasteiger partial charge in [0.25, 0.3) is 0 Å². The summed E-state index contributed by atoms with van der Waals surface area (Å²) in [5.74, 6) is 0.908. The predicted octanol–water partition coefficient (Wildman–Crippen LogP) is 3.09. The summed E-state index contributed by atoms with van der Waals surface area (Å²) in [4.78, 5) is 12.8. The van der Waals surface area contributed by atoms with Crippen LogP contribution in [0, 0.1) is 5.82 Å². The second-order valence-corrected chi connectivity index (χ2v) is 4.84. The molecule has 0 bridgehead atoms. The third-order valence-corrected chi connectivity index (χ3v) is 3.32. The standard InChI is InChI=1S/C16H11FN6/c17-11-4-3-5-12(8-11)22-15-13-9-21-23(16(13)20-10-19-15)14-6-1-2-7-18-14/h1-10H,(H,19,20,22). The van der Waals surface area contributed by atoms with Crippen molar-refractivity contribution in [3.05, 3.63) is 67.0 Å². The maximum absolute atomic E-state index is 13.3. The van der Waals surface area contributed by atoms with Crippen molar-refractivity contribution in [2.24, 2.45) is 0 Å². The highest BCUT2D eigenvalue weighted by atomic mass is 19.1. The minimum Gasteiger partial charge on any atom is -0.339 e. The average molecular weight is 306 g/mol. The maximum Gasteiger partial charge on any atom is 0.170 e. The monoisotopic (exact) mass is 306 g/mol. The van der Waals surface area contributed by atoms with Gasteiger partial charge in [0.2, 0.25) is 0 Å². The highest BCUT2D eigenvalue weighted by Gasteiger charge is 2.11. The van der Waals surface area contributed by atoms with Gasteiger partial charge in [0.15, 0.2) is 11.5 Å². The zero-order chi connectivity index (χ0) is 15.6. The number of rotatable bonds is 3. The molecular formula is C16H11FN6. The van der Waals surface area contributed by atoms with Crippen LogP contribution in [0.1, 0.15) is 0 Å². The van der Waals surface area contributed by atoms with Gasteiger partial charge in [-0.2, -0.15) is 9.78 Å². The molecule has 0 atom stereocenters. The van der Waals surface area contributed by atoms with Crippen LogP contribution in [0.2, 0.25) is 0 Å². The Morgan fingerprint density at radius 1 is 1.00 bits per heavy atom. The van der Waals surface area contributed by atoms with Crippen molar-refractivity contribution >= 4 is 22.5 Å². The number of anilines is 2. The Kier molecular flexibility index (Phi) is 3.16. The van der Waals surface area contributed by atoms with E-state index in [1.807, 2.05) is 18.2 Å². The average Bonchev–Trinajstić information content (AvgIpc) is 3.01. The van der Waals surface area contributed by atoms with E-state index < -0.39 is 0 Å². The first-order chi connectivity index (χ1) is 11.3. The number of nitrogens with one attached hydrogen (secondary N) is 1. The molecule has 0 aliphatic heterocycles. The van der Waals surface area contributed by atoms with Crippen LogP contribution in [-0.2, 0) is 0 Å². The van der Waals surface area contributed by atoms with Crippen LogP contribution >= 0.6 is 0 Å². The van der Waals surface area contributed by atoms with Crippen LogP contribution in [-0.4, -0.2) is 24.7 Å². The summed E-state index contributed by atoms with van der Waals surface area (Å²) in [6.45, 7) is 0. The Labute approximate surface area is 130 Å². The first-order valence-corrected chi connectivity index (χ1v) is 6.94. The molecule has 0 radical (unpaired) electrons. The molecule has 3 aromatic heterocycles. The minimum absolute atomic E-state index is 0.315. The largest absolute Gasteiger partial charge is 0.339 e. The summed E-state index contributed by atoms with van der Waals surface area (Å²) in [5.41, 5.74) is 1.23. The molecule has 0 saturated carbocycles. The van der Waals surface area contributed by atoms with Crippen molar-refractivity contribution in [2.75, 3.05) is 5.32 Å². The van der Waals surface area contributed by atoms with Crippen LogP contribution in [0.5, 0.6) is 0 Å². The summed E-state index contributed by atoms with van der Waals surface area (Å²) < 4.78 is 14.9. The number of nitrogens with zero attached hydrogens (tertiary/aromatic N) is 5. The molecule has 0 fully saturated rings. The Hall–Kier alpha value is -3.35. The van der Waals surface area contributed by atoms with Gasteiger partial charge in [-0.15, -0.1) is 0 Å². The lowest BCUT2D eigenvalue weighted by molar-refractivity contribution is 0.628. The molecule has 0 saturated heterocycles. The molecule has 0 aliphatic rings. The van der Waals surface area contributed by atoms with Gasteiger partial charge in [-0.05, 0) is 30.3 Å². The molecule has 23 heavy (non-hydrogen) atoms. The molecule has 4 aromatic rings. The van der Waals surface area contributed by atoms with Crippen molar-refractivity contribution in [1.29, 1.82) is 0 Å². The van der Waals surface area contributed by atoms with Gasteiger partial charge < -0.3 is 5.32 Å². The smallest absolute Gasteiger partial charge is 0.170 e. The van der Waals surface area contributed by atoms with Crippen molar-refractivity contribution in [3.8, 4) is 5.82 Å². The predicted molar refractivity (Wildman–Crippen MR) is 84.1 cm³/mol. The van der Waals surface area contributed by atoms with Crippen LogP contribution in [0.3, 0.4) is 0 Å². The Bertz CT molecular complexity index is 967. The van der Waals surface area contributed by atoms with Gasteiger partial charge >= 0.3 is 0 Å². The van der Waals surface area contributed by atoms with E-state index in [-0.39, 0.29) is 5.82 Å². The van der Waals surface area contributed by atoms with E-state index in [1.165, 1.54) is 18.5 Å². The number of aromatic nitrogens is 5. The normalized spacial score (nSPS) is 10.8. The zero-order valence-corrected chi connectivity index (χ0v) is 11.9. The SMILES string of the molecule is Fc1cccc(Nc2ncnc3c2cnn3-c2ccccn2)c1. The quantitative estimate of drug-likeness (QED) is 0.630. The fourth-order valence-corrected chi connectivity index (χ4v) is 2.29. The molecule has 3 heterocycles. The van der Waals surface area contributed by atoms with Crippen LogP contribution < -0.4 is 5.32 Å². The van der Waals surface area contributed by atoms with Crippen LogP contribution in [0.4, 0.5) is 15.9 Å². The van der Waals surface area contributed by atoms with E-state index in [0.717, 1.165) is 5.39 Å². The second-order valence-electron chi connectivity index (χ2n) is 4.84. The highest BCUT2D eigenvalue weighted by molar-refractivity contribution is 5.88. The number of fused-ring (bicyclic) bond motifs is 1. The Morgan fingerprint density at radius 3 is 2.78 bits per heavy atom. The van der Waals surface area contributed by atoms with E-state index in [2.05, 4.69) is 25.4 Å². The van der Waals surface area contributed by atoms with E-state index >= 15 is 0 Å². The van der Waals surface area contributed by atoms with E-state index in [9.17, 15) is 4.39 Å². The summed E-state index contributed by atoms with van der Waals surface area (Å²) in [7, 11) is 0. The fourth-order valence-electron chi connectivity index (χ4n) is 2.29. The van der Waals surface area contributed by atoms with Crippen molar-refractivity contribution < 1.29 is 4.39 Å². The maximum atomic E-state index is 13.3. The molecular weight excluding hydrogens is 295 g/mol. The lowest BCUT2D eigenvalue weighted by Crippen LogP contribution is -2.01. The molecule has 1 N–H and O–H groups in total. The van der Waals surface area contributed by atoms with Crippen LogP contribution in [0.15, 0.2) is 61.2 Å². The third kappa shape index (κ3) is 2.48. The molecule has 0 amide bonds.